The van der Waals surface area contributed by atoms with Gasteiger partial charge in [0.1, 0.15) is 17.2 Å². The van der Waals surface area contributed by atoms with Gasteiger partial charge < -0.3 is 14.6 Å². The van der Waals surface area contributed by atoms with Crippen molar-refractivity contribution in [3.8, 4) is 17.2 Å². The number of nitrogens with zero attached hydrogens (tertiary/aromatic N) is 2. The number of aryl methyl sites for hydroxylation is 1. The van der Waals surface area contributed by atoms with Crippen molar-refractivity contribution < 1.29 is 27.8 Å². The van der Waals surface area contributed by atoms with E-state index in [1.807, 2.05) is 13.8 Å². The Morgan fingerprint density at radius 3 is 2.44 bits per heavy atom. The number of aromatic nitrogens is 2. The van der Waals surface area contributed by atoms with Crippen molar-refractivity contribution in [3.63, 3.8) is 0 Å². The van der Waals surface area contributed by atoms with E-state index in [0.29, 0.717) is 33.7 Å². The Morgan fingerprint density at radius 1 is 1.06 bits per heavy atom. The Bertz CT molecular complexity index is 1410. The molecule has 2 aromatic heterocycles. The number of aliphatic carboxylic acids is 1. The second-order valence-corrected chi connectivity index (χ2v) is 9.77. The van der Waals surface area contributed by atoms with Crippen LogP contribution in [0, 0.1) is 0 Å². The molecule has 0 amide bonds. The van der Waals surface area contributed by atoms with Crippen molar-refractivity contribution in [2.45, 2.75) is 37.7 Å². The van der Waals surface area contributed by atoms with Crippen molar-refractivity contribution in [2.75, 3.05) is 0 Å². The molecule has 0 aliphatic rings. The molecule has 8 nitrogen and oxygen atoms in total. The molecule has 0 unspecified atom stereocenters. The van der Waals surface area contributed by atoms with E-state index < -0.39 is 16.0 Å². The van der Waals surface area contributed by atoms with Crippen LogP contribution in [0.4, 0.5) is 0 Å². The molecule has 4 aromatic rings. The van der Waals surface area contributed by atoms with Gasteiger partial charge in [-0.1, -0.05) is 0 Å². The minimum Gasteiger partial charge on any atom is -0.491 e. The summed E-state index contributed by atoms with van der Waals surface area (Å²) < 4.78 is 39.6. The minimum absolute atomic E-state index is 0.0573. The standard InChI is InChI=1S/C25H24N2O6S/c1-17(2)32-20-8-11-24-23(14-20)18(5-12-25(28)29)16-27(24)34(30,31)22-9-6-19(7-10-22)33-21-4-3-13-26-15-21/h3-4,6-11,13-17H,5,12H2,1-2H3,(H,28,29). The molecule has 9 heteroatoms. The third kappa shape index (κ3) is 5.04. The lowest BCUT2D eigenvalue weighted by Gasteiger charge is -2.11. The molecule has 0 fully saturated rings. The largest absolute Gasteiger partial charge is 0.491 e. The third-order valence-electron chi connectivity index (χ3n) is 5.06. The van der Waals surface area contributed by atoms with E-state index in [-0.39, 0.29) is 23.8 Å². The van der Waals surface area contributed by atoms with Gasteiger partial charge in [0.15, 0.2) is 0 Å². The van der Waals surface area contributed by atoms with Gasteiger partial charge in [-0.15, -0.1) is 0 Å². The molecule has 2 aromatic carbocycles. The molecule has 176 valence electrons. The fourth-order valence-electron chi connectivity index (χ4n) is 3.57. The zero-order valence-electron chi connectivity index (χ0n) is 18.7. The number of carboxylic acids is 1. The zero-order valence-corrected chi connectivity index (χ0v) is 19.5. The molecule has 34 heavy (non-hydrogen) atoms. The van der Waals surface area contributed by atoms with Crippen LogP contribution in [0.3, 0.4) is 0 Å². The van der Waals surface area contributed by atoms with E-state index in [0.717, 1.165) is 0 Å². The van der Waals surface area contributed by atoms with Gasteiger partial charge in [-0.2, -0.15) is 0 Å². The lowest BCUT2D eigenvalue weighted by molar-refractivity contribution is -0.136. The van der Waals surface area contributed by atoms with Gasteiger partial charge in [-0.05, 0) is 80.4 Å². The predicted octanol–water partition coefficient (Wildman–Crippen LogP) is 4.87. The van der Waals surface area contributed by atoms with Gasteiger partial charge in [-0.3, -0.25) is 9.78 Å². The predicted molar refractivity (Wildman–Crippen MR) is 127 cm³/mol. The van der Waals surface area contributed by atoms with Crippen LogP contribution in [0.2, 0.25) is 0 Å². The Balaban J connectivity index is 1.71. The van der Waals surface area contributed by atoms with E-state index in [2.05, 4.69) is 4.98 Å². The van der Waals surface area contributed by atoms with E-state index in [1.165, 1.54) is 22.3 Å². The molecule has 0 atom stereocenters. The summed E-state index contributed by atoms with van der Waals surface area (Å²) in [5.74, 6) is 0.646. The van der Waals surface area contributed by atoms with E-state index in [9.17, 15) is 13.2 Å². The first-order valence-electron chi connectivity index (χ1n) is 10.7. The Labute approximate surface area is 197 Å². The van der Waals surface area contributed by atoms with Crippen LogP contribution in [0.15, 0.2) is 78.1 Å². The Morgan fingerprint density at radius 2 is 1.79 bits per heavy atom. The smallest absolute Gasteiger partial charge is 0.303 e. The molecule has 1 N–H and O–H groups in total. The monoisotopic (exact) mass is 480 g/mol. The van der Waals surface area contributed by atoms with Crippen LogP contribution in [-0.2, 0) is 21.2 Å². The molecule has 0 bridgehead atoms. The summed E-state index contributed by atoms with van der Waals surface area (Å²) in [6, 6.07) is 14.7. The molecule has 0 radical (unpaired) electrons. The van der Waals surface area contributed by atoms with E-state index >= 15 is 0 Å². The molecule has 0 saturated carbocycles. The lowest BCUT2D eigenvalue weighted by Crippen LogP contribution is -2.12. The SMILES string of the molecule is CC(C)Oc1ccc2c(c1)c(CCC(=O)O)cn2S(=O)(=O)c1ccc(Oc2cccnc2)cc1. The highest BCUT2D eigenvalue weighted by molar-refractivity contribution is 7.90. The molecular formula is C25H24N2O6S. The van der Waals surface area contributed by atoms with Crippen molar-refractivity contribution in [1.82, 2.24) is 8.96 Å². The number of hydrogen-bond acceptors (Lipinski definition) is 6. The molecule has 4 rings (SSSR count). The summed E-state index contributed by atoms with van der Waals surface area (Å²) in [5, 5.41) is 9.77. The third-order valence-corrected chi connectivity index (χ3v) is 6.74. The van der Waals surface area contributed by atoms with Gasteiger partial charge in [0.05, 0.1) is 22.7 Å². The molecule has 0 spiro atoms. The van der Waals surface area contributed by atoms with Gasteiger partial charge >= 0.3 is 5.97 Å². The van der Waals surface area contributed by atoms with Crippen LogP contribution < -0.4 is 9.47 Å². The highest BCUT2D eigenvalue weighted by Gasteiger charge is 2.22. The Hall–Kier alpha value is -3.85. The number of ether oxygens (including phenoxy) is 2. The minimum atomic E-state index is -3.95. The highest BCUT2D eigenvalue weighted by Crippen LogP contribution is 2.31. The second kappa shape index (κ2) is 9.56. The summed E-state index contributed by atoms with van der Waals surface area (Å²) in [7, 11) is -3.95. The van der Waals surface area contributed by atoms with Gasteiger partial charge in [0.2, 0.25) is 0 Å². The topological polar surface area (TPSA) is 108 Å². The van der Waals surface area contributed by atoms with Gasteiger partial charge in [-0.25, -0.2) is 12.4 Å². The van der Waals surface area contributed by atoms with Crippen LogP contribution in [0.5, 0.6) is 17.2 Å². The molecular weight excluding hydrogens is 456 g/mol. The maximum absolute atomic E-state index is 13.5. The molecule has 2 heterocycles. The quantitative estimate of drug-likeness (QED) is 0.364. The maximum atomic E-state index is 13.5. The number of rotatable bonds is 9. The summed E-state index contributed by atoms with van der Waals surface area (Å²) in [6.07, 6.45) is 4.70. The highest BCUT2D eigenvalue weighted by atomic mass is 32.2. The molecule has 0 saturated heterocycles. The summed E-state index contributed by atoms with van der Waals surface area (Å²) in [5.41, 5.74) is 1.07. The average Bonchev–Trinajstić information content (AvgIpc) is 3.17. The summed E-state index contributed by atoms with van der Waals surface area (Å²) in [6.45, 7) is 3.79. The number of carbonyl (C=O) groups is 1. The van der Waals surface area contributed by atoms with E-state index in [4.69, 9.17) is 14.6 Å². The lowest BCUT2D eigenvalue weighted by atomic mass is 10.1. The van der Waals surface area contributed by atoms with Crippen molar-refractivity contribution >= 4 is 26.9 Å². The fraction of sp³-hybridized carbons (Fsp3) is 0.200. The normalized spacial score (nSPS) is 11.6. The first-order valence-corrected chi connectivity index (χ1v) is 12.1. The Kier molecular flexibility index (Phi) is 6.56. The maximum Gasteiger partial charge on any atom is 0.303 e. The first kappa shape index (κ1) is 23.3. The number of carboxylic acid groups (broad SMARTS) is 1. The first-order chi connectivity index (χ1) is 16.2. The summed E-state index contributed by atoms with van der Waals surface area (Å²) in [4.78, 5) is 15.2. The van der Waals surface area contributed by atoms with Crippen LogP contribution in [0.1, 0.15) is 25.8 Å². The van der Waals surface area contributed by atoms with Crippen molar-refractivity contribution in [2.24, 2.45) is 0 Å². The van der Waals surface area contributed by atoms with Crippen LogP contribution >= 0.6 is 0 Å². The van der Waals surface area contributed by atoms with Gasteiger partial charge in [0.25, 0.3) is 10.0 Å². The van der Waals surface area contributed by atoms with Crippen LogP contribution in [0.25, 0.3) is 10.9 Å². The fourth-order valence-corrected chi connectivity index (χ4v) is 4.96. The number of hydrogen-bond donors (Lipinski definition) is 1. The number of benzene rings is 2. The van der Waals surface area contributed by atoms with Crippen LogP contribution in [-0.4, -0.2) is 34.6 Å². The average molecular weight is 481 g/mol. The second-order valence-electron chi connectivity index (χ2n) is 7.96. The van der Waals surface area contributed by atoms with Crippen molar-refractivity contribution in [3.05, 3.63) is 78.8 Å². The molecule has 0 aliphatic heterocycles. The van der Waals surface area contributed by atoms with E-state index in [1.54, 1.807) is 54.9 Å². The molecule has 0 aliphatic carbocycles. The van der Waals surface area contributed by atoms with Gasteiger partial charge in [0, 0.05) is 24.2 Å². The van der Waals surface area contributed by atoms with Crippen molar-refractivity contribution in [1.29, 1.82) is 0 Å². The zero-order chi connectivity index (χ0) is 24.3. The summed E-state index contributed by atoms with van der Waals surface area (Å²) >= 11 is 0. The number of pyridine rings is 1. The number of fused-ring (bicyclic) bond motifs is 1.